The summed E-state index contributed by atoms with van der Waals surface area (Å²) in [7, 11) is 1.98. The molecule has 1 aliphatic heterocycles. The number of likely N-dealkylation sites (tertiary alicyclic amines) is 1. The van der Waals surface area contributed by atoms with Crippen LogP contribution in [0, 0.1) is 11.8 Å². The molecule has 5 nitrogen and oxygen atoms in total. The number of aryl methyl sites for hydroxylation is 1. The fourth-order valence-electron chi connectivity index (χ4n) is 6.20. The summed E-state index contributed by atoms with van der Waals surface area (Å²) >= 11 is 1.73. The molecule has 3 heterocycles. The largest absolute Gasteiger partial charge is 0.339 e. The van der Waals surface area contributed by atoms with Crippen LogP contribution in [0.4, 0.5) is 0 Å². The van der Waals surface area contributed by atoms with E-state index in [1.807, 2.05) is 11.7 Å². The Morgan fingerprint density at radius 1 is 1.18 bits per heavy atom. The molecule has 6 heteroatoms. The molecule has 0 N–H and O–H groups in total. The van der Waals surface area contributed by atoms with E-state index in [0.29, 0.717) is 12.3 Å². The third-order valence-corrected chi connectivity index (χ3v) is 8.72. The number of hydrogen-bond donors (Lipinski definition) is 0. The molecule has 5 rings (SSSR count). The van der Waals surface area contributed by atoms with Crippen LogP contribution in [0.3, 0.4) is 0 Å². The van der Waals surface area contributed by atoms with Crippen molar-refractivity contribution in [3.63, 3.8) is 0 Å². The third kappa shape index (κ3) is 3.92. The van der Waals surface area contributed by atoms with Gasteiger partial charge in [0.15, 0.2) is 0 Å². The molecule has 3 atom stereocenters. The third-order valence-electron chi connectivity index (χ3n) is 7.81. The average molecular weight is 464 g/mol. The lowest BCUT2D eigenvalue weighted by Gasteiger charge is -2.47. The van der Waals surface area contributed by atoms with Crippen molar-refractivity contribution in [1.29, 1.82) is 0 Å². The lowest BCUT2D eigenvalue weighted by Crippen LogP contribution is -2.53. The summed E-state index contributed by atoms with van der Waals surface area (Å²) in [5.74, 6) is 0.646. The first kappa shape index (κ1) is 22.3. The lowest BCUT2D eigenvalue weighted by molar-refractivity contribution is -0.141. The Hall–Kier alpha value is -2.47. The maximum absolute atomic E-state index is 13.7. The molecule has 2 aromatic heterocycles. The minimum atomic E-state index is -0.407. The second kappa shape index (κ2) is 8.71. The number of carbonyl (C=O) groups is 2. The molecular weight excluding hydrogens is 430 g/mol. The molecule has 0 spiro atoms. The van der Waals surface area contributed by atoms with Crippen molar-refractivity contribution in [3.8, 4) is 10.4 Å². The fourth-order valence-corrected chi connectivity index (χ4v) is 6.96. The van der Waals surface area contributed by atoms with Gasteiger partial charge in [-0.05, 0) is 49.1 Å². The Morgan fingerprint density at radius 3 is 2.79 bits per heavy atom. The van der Waals surface area contributed by atoms with Gasteiger partial charge in [0.1, 0.15) is 6.29 Å². The van der Waals surface area contributed by atoms with Crippen molar-refractivity contribution in [2.75, 3.05) is 6.54 Å². The number of aldehydes is 1. The number of hydrogen-bond acceptors (Lipinski definition) is 4. The summed E-state index contributed by atoms with van der Waals surface area (Å²) in [6, 6.07) is 10.8. The number of fused-ring (bicyclic) bond motifs is 2. The first-order valence-corrected chi connectivity index (χ1v) is 13.0. The molecule has 3 aromatic rings. The van der Waals surface area contributed by atoms with Gasteiger partial charge >= 0.3 is 0 Å². The van der Waals surface area contributed by atoms with E-state index in [1.54, 1.807) is 11.3 Å². The van der Waals surface area contributed by atoms with E-state index in [9.17, 15) is 9.59 Å². The Morgan fingerprint density at radius 2 is 2.03 bits per heavy atom. The van der Waals surface area contributed by atoms with E-state index in [1.165, 1.54) is 10.4 Å². The zero-order valence-electron chi connectivity index (χ0n) is 19.8. The maximum atomic E-state index is 13.7. The van der Waals surface area contributed by atoms with Crippen molar-refractivity contribution in [2.24, 2.45) is 18.9 Å². The molecule has 33 heavy (non-hydrogen) atoms. The summed E-state index contributed by atoms with van der Waals surface area (Å²) in [5.41, 5.74) is 2.86. The van der Waals surface area contributed by atoms with Crippen molar-refractivity contribution in [1.82, 2.24) is 14.7 Å². The number of amides is 1. The molecule has 174 valence electrons. The van der Waals surface area contributed by atoms with Gasteiger partial charge in [-0.2, -0.15) is 5.10 Å². The van der Waals surface area contributed by atoms with E-state index >= 15 is 0 Å². The van der Waals surface area contributed by atoms with Crippen molar-refractivity contribution < 1.29 is 9.59 Å². The molecule has 1 aromatic carbocycles. The van der Waals surface area contributed by atoms with Gasteiger partial charge in [-0.15, -0.1) is 11.3 Å². The van der Waals surface area contributed by atoms with Crippen LogP contribution in [0.15, 0.2) is 35.7 Å². The highest BCUT2D eigenvalue weighted by Crippen LogP contribution is 2.42. The molecule has 1 aliphatic carbocycles. The van der Waals surface area contributed by atoms with Crippen LogP contribution in [-0.2, 0) is 22.1 Å². The topological polar surface area (TPSA) is 55.2 Å². The van der Waals surface area contributed by atoms with Crippen LogP contribution in [0.2, 0.25) is 0 Å². The van der Waals surface area contributed by atoms with Gasteiger partial charge in [0.2, 0.25) is 5.91 Å². The molecule has 2 fully saturated rings. The second-order valence-electron chi connectivity index (χ2n) is 10.4. The van der Waals surface area contributed by atoms with Crippen LogP contribution >= 0.6 is 11.3 Å². The first-order chi connectivity index (χ1) is 15.9. The number of carbonyl (C=O) groups excluding carboxylic acids is 2. The van der Waals surface area contributed by atoms with E-state index < -0.39 is 5.41 Å². The van der Waals surface area contributed by atoms with Crippen molar-refractivity contribution in [2.45, 2.75) is 63.8 Å². The summed E-state index contributed by atoms with van der Waals surface area (Å²) < 4.78 is 1.95. The standard InChI is InChI=1S/C27H33N3O2S/c1-27(2,16-24(32)30-14-6-10-19-18(17-31)8-4-11-21(19)30)26-25-20(23-13-7-15-33-23)9-5-12-22(25)29(3)28-26/h5,7,9,12-13,15,17-19,21H,4,6,8,10-11,14,16H2,1-3H3. The number of nitrogens with zero attached hydrogens (tertiary/aromatic N) is 3. The van der Waals surface area contributed by atoms with Gasteiger partial charge in [0.05, 0.1) is 11.2 Å². The number of thiophene rings is 1. The molecular formula is C27H33N3O2S. The quantitative estimate of drug-likeness (QED) is 0.465. The summed E-state index contributed by atoms with van der Waals surface area (Å²) in [5, 5.41) is 8.19. The van der Waals surface area contributed by atoms with E-state index in [-0.39, 0.29) is 17.9 Å². The average Bonchev–Trinajstić information content (AvgIpc) is 3.47. The Labute approximate surface area is 199 Å². The van der Waals surface area contributed by atoms with Gasteiger partial charge < -0.3 is 9.69 Å². The zero-order valence-corrected chi connectivity index (χ0v) is 20.6. The molecule has 1 saturated heterocycles. The van der Waals surface area contributed by atoms with Crippen LogP contribution < -0.4 is 0 Å². The Bertz CT molecular complexity index is 1160. The van der Waals surface area contributed by atoms with E-state index in [0.717, 1.165) is 61.5 Å². The highest BCUT2D eigenvalue weighted by molar-refractivity contribution is 7.13. The highest BCUT2D eigenvalue weighted by atomic mass is 32.1. The lowest BCUT2D eigenvalue weighted by atomic mass is 9.71. The Balaban J connectivity index is 1.47. The molecule has 0 radical (unpaired) electrons. The molecule has 3 unspecified atom stereocenters. The summed E-state index contributed by atoms with van der Waals surface area (Å²) in [6.45, 7) is 5.11. The molecule has 1 saturated carbocycles. The van der Waals surface area contributed by atoms with Crippen LogP contribution in [0.25, 0.3) is 21.3 Å². The number of benzene rings is 1. The summed E-state index contributed by atoms with van der Waals surface area (Å²) in [4.78, 5) is 28.7. The second-order valence-corrected chi connectivity index (χ2v) is 11.3. The van der Waals surface area contributed by atoms with E-state index in [4.69, 9.17) is 5.10 Å². The minimum absolute atomic E-state index is 0.112. The van der Waals surface area contributed by atoms with Gasteiger partial charge in [0, 0.05) is 53.2 Å². The SMILES string of the molecule is Cn1nc(C(C)(C)CC(=O)N2CCCC3C(C=O)CCCC32)c2c(-c3cccs3)cccc21. The van der Waals surface area contributed by atoms with Crippen molar-refractivity contribution >= 4 is 34.4 Å². The molecule has 1 amide bonds. The fraction of sp³-hybridized carbons (Fsp3) is 0.519. The smallest absolute Gasteiger partial charge is 0.223 e. The van der Waals surface area contributed by atoms with E-state index in [2.05, 4.69) is 54.5 Å². The van der Waals surface area contributed by atoms with Crippen LogP contribution in [-0.4, -0.2) is 39.5 Å². The number of piperidine rings is 1. The Kier molecular flexibility index (Phi) is 5.89. The van der Waals surface area contributed by atoms with Gasteiger partial charge in [0.25, 0.3) is 0 Å². The summed E-state index contributed by atoms with van der Waals surface area (Å²) in [6.07, 6.45) is 6.66. The van der Waals surface area contributed by atoms with Gasteiger partial charge in [-0.1, -0.05) is 38.5 Å². The first-order valence-electron chi connectivity index (χ1n) is 12.2. The highest BCUT2D eigenvalue weighted by Gasteiger charge is 2.42. The molecule has 2 aliphatic rings. The number of rotatable bonds is 5. The van der Waals surface area contributed by atoms with Crippen molar-refractivity contribution in [3.05, 3.63) is 41.4 Å². The van der Waals surface area contributed by atoms with Gasteiger partial charge in [-0.3, -0.25) is 9.48 Å². The predicted molar refractivity (Wildman–Crippen MR) is 133 cm³/mol. The monoisotopic (exact) mass is 463 g/mol. The number of aromatic nitrogens is 2. The van der Waals surface area contributed by atoms with Crippen LogP contribution in [0.1, 0.15) is 58.1 Å². The van der Waals surface area contributed by atoms with Gasteiger partial charge in [-0.25, -0.2) is 0 Å². The normalized spacial score (nSPS) is 23.5. The van der Waals surface area contributed by atoms with Crippen LogP contribution in [0.5, 0.6) is 0 Å². The predicted octanol–water partition coefficient (Wildman–Crippen LogP) is 5.58. The zero-order chi connectivity index (χ0) is 23.2. The molecule has 0 bridgehead atoms. The maximum Gasteiger partial charge on any atom is 0.223 e. The minimum Gasteiger partial charge on any atom is -0.339 e.